The molecule has 3 heterocycles. The lowest BCUT2D eigenvalue weighted by Crippen LogP contribution is -2.47. The summed E-state index contributed by atoms with van der Waals surface area (Å²) in [4.78, 5) is 21.0. The van der Waals surface area contributed by atoms with Crippen molar-refractivity contribution in [3.05, 3.63) is 48.3 Å². The number of hydrogen-bond acceptors (Lipinski definition) is 4. The molecule has 2 aromatic rings. The van der Waals surface area contributed by atoms with Crippen LogP contribution in [0.1, 0.15) is 23.2 Å². The summed E-state index contributed by atoms with van der Waals surface area (Å²) in [5.41, 5.74) is 0.561. The largest absolute Gasteiger partial charge is 0.338 e. The Balaban J connectivity index is 1.42. The van der Waals surface area contributed by atoms with E-state index >= 15 is 0 Å². The first kappa shape index (κ1) is 16.2. The van der Waals surface area contributed by atoms with Crippen molar-refractivity contribution in [2.75, 3.05) is 20.1 Å². The summed E-state index contributed by atoms with van der Waals surface area (Å²) in [6, 6.07) is 6.74. The Morgan fingerprint density at radius 3 is 2.84 bits per heavy atom. The number of fused-ring (bicyclic) bond motifs is 1. The molecular weight excluding hydrogens is 321 g/mol. The molecule has 0 saturated carbocycles. The predicted molar refractivity (Wildman–Crippen MR) is 90.4 cm³/mol. The van der Waals surface area contributed by atoms with Crippen LogP contribution in [0.15, 0.2) is 36.9 Å². The van der Waals surface area contributed by atoms with Crippen molar-refractivity contribution < 1.29 is 9.18 Å². The van der Waals surface area contributed by atoms with Crippen molar-refractivity contribution in [2.45, 2.75) is 31.5 Å². The van der Waals surface area contributed by atoms with Crippen LogP contribution in [0.25, 0.3) is 0 Å². The van der Waals surface area contributed by atoms with Gasteiger partial charge in [0, 0.05) is 30.7 Å². The van der Waals surface area contributed by atoms with E-state index in [0.29, 0.717) is 23.6 Å². The van der Waals surface area contributed by atoms with Gasteiger partial charge in [-0.2, -0.15) is 5.10 Å². The highest BCUT2D eigenvalue weighted by molar-refractivity contribution is 5.94. The molecule has 4 rings (SSSR count). The highest BCUT2D eigenvalue weighted by atomic mass is 19.1. The van der Waals surface area contributed by atoms with E-state index in [2.05, 4.69) is 22.0 Å². The smallest absolute Gasteiger partial charge is 0.253 e. The summed E-state index contributed by atoms with van der Waals surface area (Å²) in [7, 11) is 2.17. The zero-order valence-electron chi connectivity index (χ0n) is 14.3. The van der Waals surface area contributed by atoms with E-state index in [1.54, 1.807) is 24.8 Å². The Bertz CT molecular complexity index is 732. The van der Waals surface area contributed by atoms with E-state index in [-0.39, 0.29) is 11.7 Å². The molecule has 2 saturated heterocycles. The maximum atomic E-state index is 13.1. The highest BCUT2D eigenvalue weighted by Crippen LogP contribution is 2.35. The summed E-state index contributed by atoms with van der Waals surface area (Å²) >= 11 is 0. The number of aromatic nitrogens is 3. The van der Waals surface area contributed by atoms with Crippen LogP contribution in [0.2, 0.25) is 0 Å². The fourth-order valence-electron chi connectivity index (χ4n) is 4.28. The van der Waals surface area contributed by atoms with Gasteiger partial charge in [0.1, 0.15) is 18.5 Å². The summed E-state index contributed by atoms with van der Waals surface area (Å²) < 4.78 is 14.9. The van der Waals surface area contributed by atoms with Crippen LogP contribution in [0.4, 0.5) is 4.39 Å². The van der Waals surface area contributed by atoms with Crippen LogP contribution in [-0.2, 0) is 6.54 Å². The Hall–Kier alpha value is -2.28. The monoisotopic (exact) mass is 343 g/mol. The molecule has 0 unspecified atom stereocenters. The van der Waals surface area contributed by atoms with Gasteiger partial charge >= 0.3 is 0 Å². The Morgan fingerprint density at radius 2 is 2.12 bits per heavy atom. The average Bonchev–Trinajstić information content (AvgIpc) is 3.24. The zero-order valence-corrected chi connectivity index (χ0v) is 14.3. The van der Waals surface area contributed by atoms with Crippen LogP contribution in [0, 0.1) is 11.7 Å². The maximum absolute atomic E-state index is 13.1. The van der Waals surface area contributed by atoms with E-state index in [9.17, 15) is 9.18 Å². The number of benzene rings is 1. The molecule has 0 N–H and O–H groups in total. The molecule has 1 aromatic heterocycles. The van der Waals surface area contributed by atoms with Crippen molar-refractivity contribution in [3.8, 4) is 0 Å². The molecule has 6 nitrogen and oxygen atoms in total. The SMILES string of the molecule is CN1[C@@H](Cn2cncn2)C[C@H]2CN(C(=O)c3ccc(F)cc3)CC[C@H]21. The second-order valence-corrected chi connectivity index (χ2v) is 7.05. The van der Waals surface area contributed by atoms with E-state index in [0.717, 1.165) is 32.5 Å². The second-order valence-electron chi connectivity index (χ2n) is 7.05. The van der Waals surface area contributed by atoms with Gasteiger partial charge in [0.05, 0.1) is 6.54 Å². The molecule has 2 aliphatic rings. The number of piperidine rings is 1. The molecule has 132 valence electrons. The van der Waals surface area contributed by atoms with Gasteiger partial charge in [-0.25, -0.2) is 9.37 Å². The summed E-state index contributed by atoms with van der Waals surface area (Å²) in [5, 5.41) is 4.21. The maximum Gasteiger partial charge on any atom is 0.253 e. The molecule has 0 spiro atoms. The lowest BCUT2D eigenvalue weighted by Gasteiger charge is -2.37. The Morgan fingerprint density at radius 1 is 1.32 bits per heavy atom. The number of likely N-dealkylation sites (tertiary alicyclic amines) is 2. The van der Waals surface area contributed by atoms with Gasteiger partial charge in [-0.15, -0.1) is 0 Å². The molecule has 7 heteroatoms. The van der Waals surface area contributed by atoms with E-state index < -0.39 is 0 Å². The molecule has 1 aromatic carbocycles. The Labute approximate surface area is 146 Å². The van der Waals surface area contributed by atoms with Crippen LogP contribution >= 0.6 is 0 Å². The van der Waals surface area contributed by atoms with Gasteiger partial charge in [0.2, 0.25) is 0 Å². The molecule has 2 aliphatic heterocycles. The zero-order chi connectivity index (χ0) is 17.4. The van der Waals surface area contributed by atoms with Gasteiger partial charge in [0.15, 0.2) is 0 Å². The molecule has 25 heavy (non-hydrogen) atoms. The summed E-state index contributed by atoms with van der Waals surface area (Å²) in [6.07, 6.45) is 5.33. The minimum atomic E-state index is -0.316. The van der Waals surface area contributed by atoms with Crippen molar-refractivity contribution in [2.24, 2.45) is 5.92 Å². The number of carbonyl (C=O) groups excluding carboxylic acids is 1. The van der Waals surface area contributed by atoms with Gasteiger partial charge in [-0.1, -0.05) is 0 Å². The number of hydrogen-bond donors (Lipinski definition) is 0. The van der Waals surface area contributed by atoms with E-state index in [1.165, 1.54) is 12.1 Å². The van der Waals surface area contributed by atoms with Crippen LogP contribution in [0.5, 0.6) is 0 Å². The van der Waals surface area contributed by atoms with Crippen LogP contribution in [-0.4, -0.2) is 62.7 Å². The highest BCUT2D eigenvalue weighted by Gasteiger charge is 2.43. The van der Waals surface area contributed by atoms with Crippen LogP contribution < -0.4 is 0 Å². The van der Waals surface area contributed by atoms with Crippen molar-refractivity contribution in [1.82, 2.24) is 24.6 Å². The summed E-state index contributed by atoms with van der Waals surface area (Å²) in [5.74, 6) is 0.154. The first-order valence-electron chi connectivity index (χ1n) is 8.71. The molecule has 0 radical (unpaired) electrons. The molecule has 0 aliphatic carbocycles. The molecular formula is C18H22FN5O. The van der Waals surface area contributed by atoms with Gasteiger partial charge in [0.25, 0.3) is 5.91 Å². The minimum Gasteiger partial charge on any atom is -0.338 e. The lowest BCUT2D eigenvalue weighted by molar-refractivity contribution is 0.0607. The minimum absolute atomic E-state index is 0.000768. The number of nitrogens with zero attached hydrogens (tertiary/aromatic N) is 5. The predicted octanol–water partition coefficient (Wildman–Crippen LogP) is 1.65. The number of carbonyl (C=O) groups is 1. The second kappa shape index (κ2) is 6.55. The van der Waals surface area contributed by atoms with Crippen molar-refractivity contribution in [3.63, 3.8) is 0 Å². The first-order valence-corrected chi connectivity index (χ1v) is 8.71. The average molecular weight is 343 g/mol. The fraction of sp³-hybridized carbons (Fsp3) is 0.500. The number of amides is 1. The molecule has 3 atom stereocenters. The first-order chi connectivity index (χ1) is 12.1. The third-order valence-electron chi connectivity index (χ3n) is 5.61. The third kappa shape index (κ3) is 3.16. The van der Waals surface area contributed by atoms with Crippen LogP contribution in [0.3, 0.4) is 0 Å². The quantitative estimate of drug-likeness (QED) is 0.850. The van der Waals surface area contributed by atoms with Gasteiger partial charge in [-0.05, 0) is 50.1 Å². The van der Waals surface area contributed by atoms with Gasteiger partial charge < -0.3 is 4.90 Å². The standard InChI is InChI=1S/C18H22FN5O/c1-22-16(10-24-12-20-11-21-24)8-14-9-23(7-6-17(14)22)18(25)13-2-4-15(19)5-3-13/h2-5,11-12,14,16-17H,6-10H2,1H3/t14-,16+,17+/m0/s1. The Kier molecular flexibility index (Phi) is 4.25. The van der Waals surface area contributed by atoms with E-state index in [4.69, 9.17) is 0 Å². The molecule has 0 bridgehead atoms. The fourth-order valence-corrected chi connectivity index (χ4v) is 4.28. The number of halogens is 1. The van der Waals surface area contributed by atoms with Crippen molar-refractivity contribution in [1.29, 1.82) is 0 Å². The topological polar surface area (TPSA) is 54.3 Å². The van der Waals surface area contributed by atoms with E-state index in [1.807, 2.05) is 9.58 Å². The normalized spacial score (nSPS) is 26.6. The molecule has 1 amide bonds. The summed E-state index contributed by atoms with van der Waals surface area (Å²) in [6.45, 7) is 2.34. The third-order valence-corrected chi connectivity index (χ3v) is 5.61. The number of rotatable bonds is 3. The van der Waals surface area contributed by atoms with Gasteiger partial charge in [-0.3, -0.25) is 14.4 Å². The lowest BCUT2D eigenvalue weighted by atomic mass is 9.91. The number of likely N-dealkylation sites (N-methyl/N-ethyl adjacent to an activating group) is 1. The molecule has 2 fully saturated rings. The van der Waals surface area contributed by atoms with Crippen molar-refractivity contribution >= 4 is 5.91 Å².